The molecule has 0 radical (unpaired) electrons. The molecule has 1 amide bonds. The fourth-order valence-electron chi connectivity index (χ4n) is 1.07. The molecule has 0 heterocycles. The van der Waals surface area contributed by atoms with E-state index >= 15 is 0 Å². The van der Waals surface area contributed by atoms with Crippen LogP contribution >= 0.6 is 12.2 Å². The Morgan fingerprint density at radius 3 is 2.53 bits per heavy atom. The second-order valence-corrected chi connectivity index (χ2v) is 3.75. The molecular weight excluding hydrogens is 241 g/mol. The van der Waals surface area contributed by atoms with Gasteiger partial charge in [0.1, 0.15) is 5.82 Å². The number of halogens is 1. The minimum atomic E-state index is -0.380. The summed E-state index contributed by atoms with van der Waals surface area (Å²) in [5, 5.41) is 3.24. The van der Waals surface area contributed by atoms with E-state index in [0.29, 0.717) is 10.7 Å². The second kappa shape index (κ2) is 6.80. The minimum Gasteiger partial charge on any atom is -0.361 e. The Hall–Kier alpha value is -1.69. The Morgan fingerprint density at radius 1 is 1.29 bits per heavy atom. The summed E-state index contributed by atoms with van der Waals surface area (Å²) in [5.74, 6) is -0.750. The lowest BCUT2D eigenvalue weighted by Gasteiger charge is -2.10. The highest BCUT2D eigenvalue weighted by Gasteiger charge is 2.05. The van der Waals surface area contributed by atoms with Crippen LogP contribution in [0.15, 0.2) is 24.3 Å². The molecule has 0 spiro atoms. The van der Waals surface area contributed by atoms with Crippen LogP contribution in [0.2, 0.25) is 0 Å². The SMILES string of the molecule is CCCNC(=S)NNC(=O)c1ccc(F)cc1. The zero-order valence-corrected chi connectivity index (χ0v) is 10.2. The van der Waals surface area contributed by atoms with Gasteiger partial charge in [-0.25, -0.2) is 4.39 Å². The summed E-state index contributed by atoms with van der Waals surface area (Å²) in [4.78, 5) is 11.6. The number of hydrogen-bond donors (Lipinski definition) is 3. The van der Waals surface area contributed by atoms with Crippen LogP contribution in [0.5, 0.6) is 0 Å². The Bertz CT molecular complexity index is 394. The summed E-state index contributed by atoms with van der Waals surface area (Å²) in [6.07, 6.45) is 0.938. The third-order valence-corrected chi connectivity index (χ3v) is 2.18. The fraction of sp³-hybridized carbons (Fsp3) is 0.273. The van der Waals surface area contributed by atoms with Crippen LogP contribution in [0.1, 0.15) is 23.7 Å². The maximum atomic E-state index is 12.6. The molecule has 0 atom stereocenters. The summed E-state index contributed by atoms with van der Waals surface area (Å²) >= 11 is 4.91. The highest BCUT2D eigenvalue weighted by atomic mass is 32.1. The lowest BCUT2D eigenvalue weighted by atomic mass is 10.2. The Morgan fingerprint density at radius 2 is 1.94 bits per heavy atom. The van der Waals surface area contributed by atoms with Crippen LogP contribution < -0.4 is 16.2 Å². The first kappa shape index (κ1) is 13.4. The number of amides is 1. The lowest BCUT2D eigenvalue weighted by molar-refractivity contribution is 0.0943. The Kier molecular flexibility index (Phi) is 5.35. The molecule has 0 saturated carbocycles. The van der Waals surface area contributed by atoms with E-state index in [1.807, 2.05) is 6.92 Å². The van der Waals surface area contributed by atoms with E-state index in [2.05, 4.69) is 16.2 Å². The zero-order valence-electron chi connectivity index (χ0n) is 9.42. The van der Waals surface area contributed by atoms with Crippen molar-refractivity contribution in [1.82, 2.24) is 16.2 Å². The van der Waals surface area contributed by atoms with Gasteiger partial charge in [0.25, 0.3) is 5.91 Å². The van der Waals surface area contributed by atoms with Gasteiger partial charge >= 0.3 is 0 Å². The Labute approximate surface area is 105 Å². The first-order valence-corrected chi connectivity index (χ1v) is 5.64. The molecule has 0 aliphatic carbocycles. The normalized spacial score (nSPS) is 9.53. The van der Waals surface area contributed by atoms with Gasteiger partial charge in [0, 0.05) is 12.1 Å². The highest BCUT2D eigenvalue weighted by molar-refractivity contribution is 7.80. The van der Waals surface area contributed by atoms with Crippen molar-refractivity contribution >= 4 is 23.2 Å². The maximum absolute atomic E-state index is 12.6. The summed E-state index contributed by atoms with van der Waals surface area (Å²) < 4.78 is 12.6. The molecule has 17 heavy (non-hydrogen) atoms. The van der Waals surface area contributed by atoms with Crippen LogP contribution in [-0.4, -0.2) is 17.6 Å². The molecule has 0 aromatic heterocycles. The number of hydrogen-bond acceptors (Lipinski definition) is 2. The van der Waals surface area contributed by atoms with E-state index in [-0.39, 0.29) is 11.7 Å². The predicted octanol–water partition coefficient (Wildman–Crippen LogP) is 1.34. The van der Waals surface area contributed by atoms with Crippen molar-refractivity contribution in [1.29, 1.82) is 0 Å². The fourth-order valence-corrected chi connectivity index (χ4v) is 1.22. The summed E-state index contributed by atoms with van der Waals surface area (Å²) in [5.41, 5.74) is 5.33. The molecule has 1 aromatic rings. The van der Waals surface area contributed by atoms with E-state index in [4.69, 9.17) is 12.2 Å². The summed E-state index contributed by atoms with van der Waals surface area (Å²) in [6.45, 7) is 2.74. The molecule has 0 saturated heterocycles. The van der Waals surface area contributed by atoms with Gasteiger partial charge in [-0.1, -0.05) is 6.92 Å². The van der Waals surface area contributed by atoms with E-state index in [1.165, 1.54) is 24.3 Å². The third-order valence-electron chi connectivity index (χ3n) is 1.93. The zero-order chi connectivity index (χ0) is 12.7. The standard InChI is InChI=1S/C11H14FN3OS/c1-2-7-13-11(17)15-14-10(16)8-3-5-9(12)6-4-8/h3-6H,2,7H2,1H3,(H,14,16)(H2,13,15,17). The molecular formula is C11H14FN3OS. The summed E-state index contributed by atoms with van der Waals surface area (Å²) in [6, 6.07) is 5.24. The molecule has 3 N–H and O–H groups in total. The Balaban J connectivity index is 2.39. The smallest absolute Gasteiger partial charge is 0.269 e. The van der Waals surface area contributed by atoms with E-state index in [9.17, 15) is 9.18 Å². The van der Waals surface area contributed by atoms with Gasteiger partial charge in [-0.3, -0.25) is 15.6 Å². The topological polar surface area (TPSA) is 53.2 Å². The van der Waals surface area contributed by atoms with Crippen molar-refractivity contribution in [3.8, 4) is 0 Å². The van der Waals surface area contributed by atoms with Gasteiger partial charge in [-0.05, 0) is 42.9 Å². The van der Waals surface area contributed by atoms with Crippen molar-refractivity contribution in [2.24, 2.45) is 0 Å². The first-order valence-electron chi connectivity index (χ1n) is 5.23. The van der Waals surface area contributed by atoms with E-state index < -0.39 is 0 Å². The number of benzene rings is 1. The molecule has 92 valence electrons. The number of nitrogens with one attached hydrogen (secondary N) is 3. The van der Waals surface area contributed by atoms with Crippen LogP contribution in [0, 0.1) is 5.82 Å². The van der Waals surface area contributed by atoms with Gasteiger partial charge in [0.2, 0.25) is 0 Å². The number of rotatable bonds is 3. The molecule has 0 unspecified atom stereocenters. The lowest BCUT2D eigenvalue weighted by Crippen LogP contribution is -2.46. The molecule has 6 heteroatoms. The average Bonchev–Trinajstić information content (AvgIpc) is 2.34. The van der Waals surface area contributed by atoms with E-state index in [1.54, 1.807) is 0 Å². The van der Waals surface area contributed by atoms with Gasteiger partial charge in [-0.2, -0.15) is 0 Å². The van der Waals surface area contributed by atoms with Crippen molar-refractivity contribution in [3.63, 3.8) is 0 Å². The maximum Gasteiger partial charge on any atom is 0.269 e. The van der Waals surface area contributed by atoms with Gasteiger partial charge in [-0.15, -0.1) is 0 Å². The van der Waals surface area contributed by atoms with Crippen LogP contribution in [0.3, 0.4) is 0 Å². The number of carbonyl (C=O) groups excluding carboxylic acids is 1. The third kappa shape index (κ3) is 4.78. The minimum absolute atomic E-state index is 0.349. The van der Waals surface area contributed by atoms with Crippen molar-refractivity contribution < 1.29 is 9.18 Å². The van der Waals surface area contributed by atoms with Crippen LogP contribution in [0.25, 0.3) is 0 Å². The second-order valence-electron chi connectivity index (χ2n) is 3.34. The number of carbonyl (C=O) groups is 1. The van der Waals surface area contributed by atoms with E-state index in [0.717, 1.165) is 13.0 Å². The largest absolute Gasteiger partial charge is 0.361 e. The van der Waals surface area contributed by atoms with Crippen molar-refractivity contribution in [2.75, 3.05) is 6.54 Å². The number of hydrazine groups is 1. The van der Waals surface area contributed by atoms with Crippen LogP contribution in [-0.2, 0) is 0 Å². The van der Waals surface area contributed by atoms with Gasteiger partial charge in [0.05, 0.1) is 0 Å². The van der Waals surface area contributed by atoms with Gasteiger partial charge < -0.3 is 5.32 Å². The van der Waals surface area contributed by atoms with Crippen LogP contribution in [0.4, 0.5) is 4.39 Å². The summed E-state index contributed by atoms with van der Waals surface area (Å²) in [7, 11) is 0. The molecule has 4 nitrogen and oxygen atoms in total. The molecule has 1 aromatic carbocycles. The molecule has 0 bridgehead atoms. The highest BCUT2D eigenvalue weighted by Crippen LogP contribution is 2.01. The predicted molar refractivity (Wildman–Crippen MR) is 67.9 cm³/mol. The average molecular weight is 255 g/mol. The monoisotopic (exact) mass is 255 g/mol. The molecule has 0 aliphatic rings. The molecule has 1 rings (SSSR count). The quantitative estimate of drug-likeness (QED) is 0.563. The van der Waals surface area contributed by atoms with Gasteiger partial charge in [0.15, 0.2) is 5.11 Å². The molecule has 0 aliphatic heterocycles. The van der Waals surface area contributed by atoms with Crippen molar-refractivity contribution in [2.45, 2.75) is 13.3 Å². The molecule has 0 fully saturated rings. The first-order chi connectivity index (χ1) is 8.13. The number of thiocarbonyl (C=S) groups is 1. The van der Waals surface area contributed by atoms with Crippen molar-refractivity contribution in [3.05, 3.63) is 35.6 Å².